The van der Waals surface area contributed by atoms with E-state index in [4.69, 9.17) is 21.3 Å². The summed E-state index contributed by atoms with van der Waals surface area (Å²) in [4.78, 5) is 22.8. The topological polar surface area (TPSA) is 45.1 Å². The zero-order valence-electron chi connectivity index (χ0n) is 18.9. The van der Waals surface area contributed by atoms with E-state index in [2.05, 4.69) is 0 Å². The van der Waals surface area contributed by atoms with Gasteiger partial charge in [-0.25, -0.2) is 4.99 Å². The van der Waals surface area contributed by atoms with Gasteiger partial charge in [-0.2, -0.15) is 0 Å². The number of aliphatic imine (C=N–C) groups is 1. The standard InChI is InChI=1S/C27H22ClN3O2S/c1-30(2)18-10-8-17(9-11-18)16-22-27(32)31(19-12-14-20(33-3)15-13-19)26(29-22)25-24(28)21-6-4-5-7-23(21)34-25/h4-16H,1-3H3/b22-16+. The molecule has 3 aromatic carbocycles. The third kappa shape index (κ3) is 3.95. The lowest BCUT2D eigenvalue weighted by Gasteiger charge is -2.18. The smallest absolute Gasteiger partial charge is 0.282 e. The number of carbonyl (C=O) groups excluding carboxylic acids is 1. The first-order chi connectivity index (χ1) is 16.5. The van der Waals surface area contributed by atoms with Crippen LogP contribution in [0.1, 0.15) is 10.4 Å². The number of nitrogens with zero attached hydrogens (tertiary/aromatic N) is 3. The number of ether oxygens (including phenoxy) is 1. The molecule has 0 N–H and O–H groups in total. The van der Waals surface area contributed by atoms with Gasteiger partial charge in [0.2, 0.25) is 0 Å². The van der Waals surface area contributed by atoms with Crippen LogP contribution in [-0.2, 0) is 4.79 Å². The van der Waals surface area contributed by atoms with Crippen LogP contribution < -0.4 is 14.5 Å². The molecule has 2 heterocycles. The highest BCUT2D eigenvalue weighted by atomic mass is 35.5. The maximum Gasteiger partial charge on any atom is 0.282 e. The predicted octanol–water partition coefficient (Wildman–Crippen LogP) is 6.46. The summed E-state index contributed by atoms with van der Waals surface area (Å²) in [5.74, 6) is 1.04. The molecule has 0 unspecified atom stereocenters. The number of thiophene rings is 1. The fourth-order valence-corrected chi connectivity index (χ4v) is 5.32. The van der Waals surface area contributed by atoms with E-state index in [1.165, 1.54) is 11.3 Å². The van der Waals surface area contributed by atoms with E-state index >= 15 is 0 Å². The number of fused-ring (bicyclic) bond motifs is 1. The van der Waals surface area contributed by atoms with E-state index < -0.39 is 0 Å². The van der Waals surface area contributed by atoms with Gasteiger partial charge in [0.15, 0.2) is 5.84 Å². The maximum absolute atomic E-state index is 13.6. The first-order valence-electron chi connectivity index (χ1n) is 10.7. The summed E-state index contributed by atoms with van der Waals surface area (Å²) in [5.41, 5.74) is 3.04. The number of rotatable bonds is 5. The third-order valence-electron chi connectivity index (χ3n) is 5.64. The highest BCUT2D eigenvalue weighted by molar-refractivity contribution is 7.21. The minimum Gasteiger partial charge on any atom is -0.497 e. The fourth-order valence-electron chi connectivity index (χ4n) is 3.82. The average Bonchev–Trinajstić information content (AvgIpc) is 3.36. The minimum atomic E-state index is -0.203. The summed E-state index contributed by atoms with van der Waals surface area (Å²) in [7, 11) is 5.60. The second kappa shape index (κ2) is 8.97. The Balaban J connectivity index is 1.63. The molecule has 7 heteroatoms. The Morgan fingerprint density at radius 1 is 1.00 bits per heavy atom. The van der Waals surface area contributed by atoms with Gasteiger partial charge in [-0.15, -0.1) is 11.3 Å². The number of methoxy groups -OCH3 is 1. The molecule has 1 amide bonds. The number of halogens is 1. The van der Waals surface area contributed by atoms with E-state index in [1.54, 1.807) is 12.0 Å². The lowest BCUT2D eigenvalue weighted by molar-refractivity contribution is -0.113. The van der Waals surface area contributed by atoms with Gasteiger partial charge in [0, 0.05) is 29.9 Å². The Kier molecular flexibility index (Phi) is 5.86. The van der Waals surface area contributed by atoms with Crippen molar-refractivity contribution in [3.63, 3.8) is 0 Å². The van der Waals surface area contributed by atoms with Crippen LogP contribution in [-0.4, -0.2) is 32.9 Å². The Bertz CT molecular complexity index is 1440. The van der Waals surface area contributed by atoms with Crippen molar-refractivity contribution in [2.24, 2.45) is 4.99 Å². The third-order valence-corrected chi connectivity index (χ3v) is 7.31. The summed E-state index contributed by atoms with van der Waals surface area (Å²) in [6, 6.07) is 23.3. The molecule has 0 atom stereocenters. The molecule has 5 nitrogen and oxygen atoms in total. The van der Waals surface area contributed by atoms with E-state index in [0.717, 1.165) is 26.2 Å². The van der Waals surface area contributed by atoms with Crippen molar-refractivity contribution in [2.45, 2.75) is 0 Å². The van der Waals surface area contributed by atoms with Crippen molar-refractivity contribution in [3.8, 4) is 5.75 Å². The summed E-state index contributed by atoms with van der Waals surface area (Å²) in [6.45, 7) is 0. The lowest BCUT2D eigenvalue weighted by atomic mass is 10.1. The van der Waals surface area contributed by atoms with Gasteiger partial charge in [0.05, 0.1) is 22.7 Å². The molecular weight excluding hydrogens is 466 g/mol. The van der Waals surface area contributed by atoms with Crippen LogP contribution in [0.2, 0.25) is 5.02 Å². The molecule has 5 rings (SSSR count). The van der Waals surface area contributed by atoms with Crippen molar-refractivity contribution in [3.05, 3.63) is 94.0 Å². The van der Waals surface area contributed by atoms with Crippen molar-refractivity contribution in [2.75, 3.05) is 31.0 Å². The predicted molar refractivity (Wildman–Crippen MR) is 143 cm³/mol. The van der Waals surface area contributed by atoms with Crippen LogP contribution in [0.25, 0.3) is 16.2 Å². The quantitative estimate of drug-likeness (QED) is 0.303. The van der Waals surface area contributed by atoms with Gasteiger partial charge in [-0.05, 0) is 54.1 Å². The second-order valence-corrected chi connectivity index (χ2v) is 9.46. The van der Waals surface area contributed by atoms with Crippen LogP contribution in [0.4, 0.5) is 11.4 Å². The molecule has 1 aromatic heterocycles. The van der Waals surface area contributed by atoms with Gasteiger partial charge in [0.25, 0.3) is 5.91 Å². The zero-order chi connectivity index (χ0) is 23.8. The van der Waals surface area contributed by atoms with Crippen molar-refractivity contribution in [1.82, 2.24) is 0 Å². The van der Waals surface area contributed by atoms with Crippen LogP contribution >= 0.6 is 22.9 Å². The first-order valence-corrected chi connectivity index (χ1v) is 11.9. The molecular formula is C27H22ClN3O2S. The minimum absolute atomic E-state index is 0.203. The number of benzene rings is 3. The largest absolute Gasteiger partial charge is 0.497 e. The van der Waals surface area contributed by atoms with Crippen LogP contribution in [0.3, 0.4) is 0 Å². The van der Waals surface area contributed by atoms with Gasteiger partial charge in [-0.3, -0.25) is 9.69 Å². The Labute approximate surface area is 207 Å². The molecule has 0 saturated heterocycles. The van der Waals surface area contributed by atoms with Gasteiger partial charge in [-0.1, -0.05) is 41.9 Å². The fraction of sp³-hybridized carbons (Fsp3) is 0.111. The number of anilines is 2. The molecule has 0 spiro atoms. The number of hydrogen-bond acceptors (Lipinski definition) is 5. The molecule has 34 heavy (non-hydrogen) atoms. The number of amidine groups is 1. The molecule has 0 fully saturated rings. The van der Waals surface area contributed by atoms with E-state index in [1.807, 2.05) is 97.9 Å². The van der Waals surface area contributed by atoms with Gasteiger partial charge >= 0.3 is 0 Å². The summed E-state index contributed by atoms with van der Waals surface area (Å²) >= 11 is 8.32. The zero-order valence-corrected chi connectivity index (χ0v) is 20.5. The van der Waals surface area contributed by atoms with E-state index in [9.17, 15) is 4.79 Å². The summed E-state index contributed by atoms with van der Waals surface area (Å²) in [6.07, 6.45) is 1.81. The number of amides is 1. The highest BCUT2D eigenvalue weighted by Gasteiger charge is 2.35. The Morgan fingerprint density at radius 2 is 1.71 bits per heavy atom. The molecule has 0 aliphatic carbocycles. The van der Waals surface area contributed by atoms with Gasteiger partial charge < -0.3 is 9.64 Å². The van der Waals surface area contributed by atoms with E-state index in [0.29, 0.717) is 28.0 Å². The lowest BCUT2D eigenvalue weighted by Crippen LogP contribution is -2.32. The van der Waals surface area contributed by atoms with Crippen LogP contribution in [0, 0.1) is 0 Å². The molecule has 0 saturated carbocycles. The molecule has 1 aliphatic heterocycles. The van der Waals surface area contributed by atoms with Crippen molar-refractivity contribution in [1.29, 1.82) is 0 Å². The molecule has 0 bridgehead atoms. The van der Waals surface area contributed by atoms with Crippen LogP contribution in [0.15, 0.2) is 83.5 Å². The van der Waals surface area contributed by atoms with Crippen molar-refractivity contribution >= 4 is 62.2 Å². The monoisotopic (exact) mass is 487 g/mol. The van der Waals surface area contributed by atoms with E-state index in [-0.39, 0.29) is 5.91 Å². The van der Waals surface area contributed by atoms with Crippen LogP contribution in [0.5, 0.6) is 5.75 Å². The normalized spacial score (nSPS) is 14.7. The maximum atomic E-state index is 13.6. The summed E-state index contributed by atoms with van der Waals surface area (Å²) in [5, 5.41) is 1.55. The second-order valence-electron chi connectivity index (χ2n) is 8.03. The number of hydrogen-bond donors (Lipinski definition) is 0. The molecule has 4 aromatic rings. The number of carbonyl (C=O) groups is 1. The molecule has 170 valence electrons. The summed E-state index contributed by atoms with van der Waals surface area (Å²) < 4.78 is 6.33. The Hall–Kier alpha value is -3.61. The van der Waals surface area contributed by atoms with Gasteiger partial charge in [0.1, 0.15) is 11.4 Å². The Morgan fingerprint density at radius 3 is 2.35 bits per heavy atom. The average molecular weight is 488 g/mol. The SMILES string of the molecule is COc1ccc(N2C(=O)/C(=C\c3ccc(N(C)C)cc3)N=C2c2sc3ccccc3c2Cl)cc1. The highest BCUT2D eigenvalue weighted by Crippen LogP contribution is 2.39. The first kappa shape index (κ1) is 22.2. The van der Waals surface area contributed by atoms with Crippen molar-refractivity contribution < 1.29 is 9.53 Å². The molecule has 0 radical (unpaired) electrons. The molecule has 1 aliphatic rings.